The second-order valence-corrected chi connectivity index (χ2v) is 6.28. The minimum absolute atomic E-state index is 0.399. The summed E-state index contributed by atoms with van der Waals surface area (Å²) in [5.74, 6) is 1.55. The van der Waals surface area contributed by atoms with Crippen molar-refractivity contribution in [2.24, 2.45) is 0 Å². The lowest BCUT2D eigenvalue weighted by atomic mass is 10.1. The molecule has 0 aliphatic heterocycles. The van der Waals surface area contributed by atoms with E-state index in [1.807, 2.05) is 19.9 Å². The first-order valence-electron chi connectivity index (χ1n) is 8.33. The van der Waals surface area contributed by atoms with Gasteiger partial charge in [0.2, 0.25) is 0 Å². The van der Waals surface area contributed by atoms with Gasteiger partial charge in [0.05, 0.1) is 11.0 Å². The maximum Gasteiger partial charge on any atom is 0.121 e. The van der Waals surface area contributed by atoms with Crippen molar-refractivity contribution in [2.75, 3.05) is 0 Å². The lowest BCUT2D eigenvalue weighted by Crippen LogP contribution is -2.06. The zero-order chi connectivity index (χ0) is 16.4. The fourth-order valence-electron chi connectivity index (χ4n) is 3.15. The van der Waals surface area contributed by atoms with Gasteiger partial charge >= 0.3 is 0 Å². The summed E-state index contributed by atoms with van der Waals surface area (Å²) in [6.07, 6.45) is 3.32. The summed E-state index contributed by atoms with van der Waals surface area (Å²) in [5.41, 5.74) is 5.31. The number of aromatic nitrogens is 2. The van der Waals surface area contributed by atoms with Crippen LogP contribution < -0.4 is 0 Å². The number of benzene rings is 2. The molecule has 1 aromatic heterocycles. The normalized spacial score (nSPS) is 11.3. The van der Waals surface area contributed by atoms with Crippen molar-refractivity contribution < 1.29 is 5.11 Å². The maximum absolute atomic E-state index is 9.98. The molecule has 0 aliphatic rings. The fourth-order valence-corrected chi connectivity index (χ4v) is 3.15. The predicted octanol–water partition coefficient (Wildman–Crippen LogP) is 4.75. The van der Waals surface area contributed by atoms with Gasteiger partial charge in [0.25, 0.3) is 0 Å². The van der Waals surface area contributed by atoms with Gasteiger partial charge in [0, 0.05) is 13.0 Å². The van der Waals surface area contributed by atoms with Gasteiger partial charge in [-0.25, -0.2) is 4.98 Å². The van der Waals surface area contributed by atoms with Crippen molar-refractivity contribution in [1.82, 2.24) is 9.55 Å². The molecular weight excluding hydrogens is 284 g/mol. The molecule has 3 nitrogen and oxygen atoms in total. The van der Waals surface area contributed by atoms with Gasteiger partial charge in [-0.15, -0.1) is 0 Å². The van der Waals surface area contributed by atoms with Crippen LogP contribution in [0.25, 0.3) is 11.0 Å². The van der Waals surface area contributed by atoms with E-state index in [1.54, 1.807) is 0 Å². The Morgan fingerprint density at radius 3 is 2.48 bits per heavy atom. The van der Waals surface area contributed by atoms with Gasteiger partial charge in [-0.05, 0) is 49.1 Å². The van der Waals surface area contributed by atoms with Crippen LogP contribution >= 0.6 is 0 Å². The molecule has 1 heterocycles. The summed E-state index contributed by atoms with van der Waals surface area (Å²) in [6.45, 7) is 6.91. The smallest absolute Gasteiger partial charge is 0.121 e. The molecule has 23 heavy (non-hydrogen) atoms. The number of nitrogens with zero attached hydrogens (tertiary/aromatic N) is 2. The third kappa shape index (κ3) is 3.09. The molecule has 0 spiro atoms. The van der Waals surface area contributed by atoms with Crippen LogP contribution in [0.4, 0.5) is 0 Å². The number of hydrogen-bond acceptors (Lipinski definition) is 2. The third-order valence-electron chi connectivity index (χ3n) is 4.38. The van der Waals surface area contributed by atoms with Gasteiger partial charge in [-0.3, -0.25) is 0 Å². The average Bonchev–Trinajstić information content (AvgIpc) is 2.88. The predicted molar refractivity (Wildman–Crippen MR) is 95.0 cm³/mol. The number of phenolic OH excluding ortho intramolecular Hbond substituents is 1. The molecule has 0 amide bonds. The van der Waals surface area contributed by atoms with Crippen LogP contribution in [-0.2, 0) is 13.0 Å². The third-order valence-corrected chi connectivity index (χ3v) is 4.38. The minimum atomic E-state index is 0.399. The van der Waals surface area contributed by atoms with Gasteiger partial charge in [-0.2, -0.15) is 0 Å². The highest BCUT2D eigenvalue weighted by molar-refractivity contribution is 5.76. The molecule has 3 heteroatoms. The summed E-state index contributed by atoms with van der Waals surface area (Å²) in [4.78, 5) is 4.82. The zero-order valence-electron chi connectivity index (χ0n) is 14.1. The van der Waals surface area contributed by atoms with Gasteiger partial charge in [0.15, 0.2) is 0 Å². The molecule has 0 aliphatic carbocycles. The van der Waals surface area contributed by atoms with E-state index in [0.29, 0.717) is 5.75 Å². The second-order valence-electron chi connectivity index (χ2n) is 6.28. The molecular formula is C20H24N2O. The van der Waals surface area contributed by atoms with E-state index in [9.17, 15) is 5.11 Å². The lowest BCUT2D eigenvalue weighted by molar-refractivity contribution is 0.466. The fraction of sp³-hybridized carbons (Fsp3) is 0.350. The number of fused-ring (bicyclic) bond motifs is 1. The molecule has 0 saturated heterocycles. The molecule has 0 fully saturated rings. The molecule has 0 bridgehead atoms. The molecule has 0 saturated carbocycles. The number of para-hydroxylation sites is 2. The highest BCUT2D eigenvalue weighted by Gasteiger charge is 2.12. The minimum Gasteiger partial charge on any atom is -0.507 e. The molecule has 3 rings (SSSR count). The SMILES string of the molecule is CCCCc1nc2ccccc2n1Cc1cc(C)c(O)c(C)c1. The molecule has 120 valence electrons. The Morgan fingerprint density at radius 1 is 1.09 bits per heavy atom. The van der Waals surface area contributed by atoms with Crippen molar-refractivity contribution in [3.8, 4) is 5.75 Å². The number of rotatable bonds is 5. The van der Waals surface area contributed by atoms with E-state index >= 15 is 0 Å². The number of hydrogen-bond donors (Lipinski definition) is 1. The first kappa shape index (κ1) is 15.6. The molecule has 0 unspecified atom stereocenters. The summed E-state index contributed by atoms with van der Waals surface area (Å²) >= 11 is 0. The zero-order valence-corrected chi connectivity index (χ0v) is 14.1. The van der Waals surface area contributed by atoms with Gasteiger partial charge < -0.3 is 9.67 Å². The summed E-state index contributed by atoms with van der Waals surface area (Å²) in [5, 5.41) is 9.98. The van der Waals surface area contributed by atoms with Crippen LogP contribution in [0.5, 0.6) is 5.75 Å². The van der Waals surface area contributed by atoms with E-state index in [0.717, 1.165) is 41.9 Å². The van der Waals surface area contributed by atoms with Crippen LogP contribution in [-0.4, -0.2) is 14.7 Å². The van der Waals surface area contributed by atoms with E-state index < -0.39 is 0 Å². The molecule has 0 atom stereocenters. The van der Waals surface area contributed by atoms with E-state index in [2.05, 4.69) is 41.8 Å². The van der Waals surface area contributed by atoms with Gasteiger partial charge in [-0.1, -0.05) is 37.6 Å². The highest BCUT2D eigenvalue weighted by atomic mass is 16.3. The number of unbranched alkanes of at least 4 members (excludes halogenated alkanes) is 1. The number of imidazole rings is 1. The Labute approximate surface area is 137 Å². The van der Waals surface area contributed by atoms with Crippen molar-refractivity contribution in [1.29, 1.82) is 0 Å². The second kappa shape index (κ2) is 6.45. The van der Waals surface area contributed by atoms with E-state index in [-0.39, 0.29) is 0 Å². The Balaban J connectivity index is 2.04. The van der Waals surface area contributed by atoms with Crippen molar-refractivity contribution >= 4 is 11.0 Å². The van der Waals surface area contributed by atoms with Crippen LogP contribution in [0.3, 0.4) is 0 Å². The van der Waals surface area contributed by atoms with E-state index in [4.69, 9.17) is 4.98 Å². The molecule has 2 aromatic carbocycles. The van der Waals surface area contributed by atoms with Gasteiger partial charge in [0.1, 0.15) is 11.6 Å². The monoisotopic (exact) mass is 308 g/mol. The van der Waals surface area contributed by atoms with Crippen molar-refractivity contribution in [3.63, 3.8) is 0 Å². The first-order valence-corrected chi connectivity index (χ1v) is 8.33. The Hall–Kier alpha value is -2.29. The number of aromatic hydroxyl groups is 1. The Morgan fingerprint density at radius 2 is 1.78 bits per heavy atom. The largest absolute Gasteiger partial charge is 0.507 e. The summed E-state index contributed by atoms with van der Waals surface area (Å²) < 4.78 is 2.32. The van der Waals surface area contributed by atoms with Crippen LogP contribution in [0.15, 0.2) is 36.4 Å². The van der Waals surface area contributed by atoms with Crippen molar-refractivity contribution in [3.05, 3.63) is 58.9 Å². The highest BCUT2D eigenvalue weighted by Crippen LogP contribution is 2.25. The topological polar surface area (TPSA) is 38.0 Å². The Kier molecular flexibility index (Phi) is 4.37. The standard InChI is InChI=1S/C20H24N2O/c1-4-5-10-19-21-17-8-6-7-9-18(17)22(19)13-16-11-14(2)20(23)15(3)12-16/h6-9,11-12,23H,4-5,10,13H2,1-3H3. The average molecular weight is 308 g/mol. The quantitative estimate of drug-likeness (QED) is 0.738. The number of phenols is 1. The molecule has 1 N–H and O–H groups in total. The summed E-state index contributed by atoms with van der Waals surface area (Å²) in [6, 6.07) is 12.5. The maximum atomic E-state index is 9.98. The van der Waals surface area contributed by atoms with Crippen LogP contribution in [0.2, 0.25) is 0 Å². The Bertz CT molecular complexity index is 810. The number of aryl methyl sites for hydroxylation is 3. The van der Waals surface area contributed by atoms with Crippen LogP contribution in [0, 0.1) is 13.8 Å². The van der Waals surface area contributed by atoms with Crippen LogP contribution in [0.1, 0.15) is 42.3 Å². The van der Waals surface area contributed by atoms with E-state index in [1.165, 1.54) is 17.5 Å². The molecule has 0 radical (unpaired) electrons. The van der Waals surface area contributed by atoms with Crippen molar-refractivity contribution in [2.45, 2.75) is 46.6 Å². The molecule has 3 aromatic rings. The lowest BCUT2D eigenvalue weighted by Gasteiger charge is -2.12. The first-order chi connectivity index (χ1) is 11.1. The summed E-state index contributed by atoms with van der Waals surface area (Å²) in [7, 11) is 0.